The fourth-order valence-electron chi connectivity index (χ4n) is 2.60. The van der Waals surface area contributed by atoms with E-state index in [2.05, 4.69) is 89.8 Å². The molecule has 0 spiro atoms. The van der Waals surface area contributed by atoms with Crippen LogP contribution in [-0.4, -0.2) is 0 Å². The normalized spacial score (nSPS) is 13.6. The van der Waals surface area contributed by atoms with Crippen LogP contribution in [0.5, 0.6) is 0 Å². The van der Waals surface area contributed by atoms with Gasteiger partial charge in [0.1, 0.15) is 0 Å². The van der Waals surface area contributed by atoms with Gasteiger partial charge < -0.3 is 0 Å². The standard InChI is InChI=1S/C18H17BrS/c1-18(2,13-8-4-3-5-9-13)17(19)15-12-20-16-11-7-6-10-14(15)16/h3-12,17H,1-2H3. The van der Waals surface area contributed by atoms with E-state index in [1.807, 2.05) is 11.3 Å². The minimum absolute atomic E-state index is 0.0467. The molecule has 20 heavy (non-hydrogen) atoms. The van der Waals surface area contributed by atoms with E-state index in [0.717, 1.165) is 0 Å². The summed E-state index contributed by atoms with van der Waals surface area (Å²) < 4.78 is 1.36. The van der Waals surface area contributed by atoms with Crippen LogP contribution in [0.4, 0.5) is 0 Å². The van der Waals surface area contributed by atoms with Crippen molar-refractivity contribution in [3.63, 3.8) is 0 Å². The summed E-state index contributed by atoms with van der Waals surface area (Å²) in [5, 5.41) is 3.65. The first-order chi connectivity index (χ1) is 9.60. The van der Waals surface area contributed by atoms with E-state index in [9.17, 15) is 0 Å². The van der Waals surface area contributed by atoms with Gasteiger partial charge in [-0.3, -0.25) is 0 Å². The second-order valence-corrected chi connectivity index (χ2v) is 7.46. The number of hydrogen-bond acceptors (Lipinski definition) is 1. The van der Waals surface area contributed by atoms with E-state index in [0.29, 0.717) is 4.83 Å². The Labute approximate surface area is 132 Å². The van der Waals surface area contributed by atoms with Gasteiger partial charge in [0.25, 0.3) is 0 Å². The lowest BCUT2D eigenvalue weighted by molar-refractivity contribution is 0.520. The summed E-state index contributed by atoms with van der Waals surface area (Å²) in [6.45, 7) is 4.60. The third kappa shape index (κ3) is 2.32. The van der Waals surface area contributed by atoms with Gasteiger partial charge in [-0.1, -0.05) is 78.3 Å². The molecule has 2 heteroatoms. The third-order valence-corrected chi connectivity index (χ3v) is 6.55. The highest BCUT2D eigenvalue weighted by Gasteiger charge is 2.31. The molecule has 1 heterocycles. The molecule has 0 radical (unpaired) electrons. The van der Waals surface area contributed by atoms with E-state index in [-0.39, 0.29) is 5.41 Å². The smallest absolute Gasteiger partial charge is 0.0501 e. The molecule has 0 aliphatic carbocycles. The largest absolute Gasteiger partial charge is 0.143 e. The molecule has 0 N–H and O–H groups in total. The van der Waals surface area contributed by atoms with E-state index in [1.54, 1.807) is 0 Å². The van der Waals surface area contributed by atoms with Gasteiger partial charge in [-0.15, -0.1) is 11.3 Å². The molecule has 0 saturated heterocycles. The molecule has 2 aromatic carbocycles. The molecule has 1 atom stereocenters. The average molecular weight is 345 g/mol. The Bertz CT molecular complexity index is 712. The number of rotatable bonds is 3. The summed E-state index contributed by atoms with van der Waals surface area (Å²) in [5.74, 6) is 0. The maximum Gasteiger partial charge on any atom is 0.0501 e. The molecule has 0 fully saturated rings. The summed E-state index contributed by atoms with van der Waals surface area (Å²) in [6, 6.07) is 19.4. The van der Waals surface area contributed by atoms with Crippen molar-refractivity contribution in [3.8, 4) is 0 Å². The molecule has 3 aromatic rings. The van der Waals surface area contributed by atoms with Gasteiger partial charge in [-0.05, 0) is 28.0 Å². The highest BCUT2D eigenvalue weighted by molar-refractivity contribution is 9.09. The van der Waals surface area contributed by atoms with Crippen molar-refractivity contribution < 1.29 is 0 Å². The lowest BCUT2D eigenvalue weighted by Gasteiger charge is -2.31. The maximum absolute atomic E-state index is 3.95. The fraction of sp³-hybridized carbons (Fsp3) is 0.222. The Morgan fingerprint density at radius 2 is 1.60 bits per heavy atom. The number of alkyl halides is 1. The van der Waals surface area contributed by atoms with Crippen molar-refractivity contribution in [1.29, 1.82) is 0 Å². The lowest BCUT2D eigenvalue weighted by atomic mass is 9.79. The van der Waals surface area contributed by atoms with Crippen LogP contribution >= 0.6 is 27.3 Å². The summed E-state index contributed by atoms with van der Waals surface area (Å²) in [5.41, 5.74) is 2.79. The van der Waals surface area contributed by atoms with Crippen molar-refractivity contribution in [3.05, 3.63) is 71.1 Å². The lowest BCUT2D eigenvalue weighted by Crippen LogP contribution is -2.22. The summed E-state index contributed by atoms with van der Waals surface area (Å²) >= 11 is 5.77. The van der Waals surface area contributed by atoms with Gasteiger partial charge in [0, 0.05) is 10.1 Å². The van der Waals surface area contributed by atoms with Gasteiger partial charge >= 0.3 is 0 Å². The first kappa shape index (κ1) is 13.8. The summed E-state index contributed by atoms with van der Waals surface area (Å²) in [7, 11) is 0. The average Bonchev–Trinajstić information content (AvgIpc) is 2.91. The van der Waals surface area contributed by atoms with Crippen molar-refractivity contribution in [2.45, 2.75) is 24.1 Å². The monoisotopic (exact) mass is 344 g/mol. The molecule has 0 amide bonds. The molecule has 0 aliphatic heterocycles. The Kier molecular flexibility index (Phi) is 3.70. The van der Waals surface area contributed by atoms with Crippen LogP contribution in [0, 0.1) is 0 Å². The van der Waals surface area contributed by atoms with Crippen molar-refractivity contribution in [2.24, 2.45) is 0 Å². The van der Waals surface area contributed by atoms with Crippen LogP contribution in [-0.2, 0) is 5.41 Å². The van der Waals surface area contributed by atoms with E-state index >= 15 is 0 Å². The first-order valence-corrected chi connectivity index (χ1v) is 8.56. The van der Waals surface area contributed by atoms with Crippen LogP contribution in [0.1, 0.15) is 29.8 Å². The van der Waals surface area contributed by atoms with Crippen LogP contribution in [0.15, 0.2) is 60.0 Å². The number of halogens is 1. The van der Waals surface area contributed by atoms with Crippen molar-refractivity contribution in [2.75, 3.05) is 0 Å². The Balaban J connectivity index is 2.06. The molecule has 0 aliphatic rings. The van der Waals surface area contributed by atoms with Crippen LogP contribution in [0.25, 0.3) is 10.1 Å². The van der Waals surface area contributed by atoms with Gasteiger partial charge in [0.15, 0.2) is 0 Å². The van der Waals surface area contributed by atoms with E-state index in [1.165, 1.54) is 21.2 Å². The molecule has 0 nitrogen and oxygen atoms in total. The zero-order chi connectivity index (χ0) is 14.2. The highest BCUT2D eigenvalue weighted by atomic mass is 79.9. The number of fused-ring (bicyclic) bond motifs is 1. The number of thiophene rings is 1. The summed E-state index contributed by atoms with van der Waals surface area (Å²) in [6.07, 6.45) is 0. The molecule has 1 unspecified atom stereocenters. The molecule has 0 bridgehead atoms. The van der Waals surface area contributed by atoms with Gasteiger partial charge in [0.05, 0.1) is 4.83 Å². The zero-order valence-electron chi connectivity index (χ0n) is 11.6. The number of benzene rings is 2. The summed E-state index contributed by atoms with van der Waals surface area (Å²) in [4.78, 5) is 0.300. The Morgan fingerprint density at radius 1 is 0.950 bits per heavy atom. The van der Waals surface area contributed by atoms with Crippen LogP contribution < -0.4 is 0 Å². The number of hydrogen-bond donors (Lipinski definition) is 0. The Hall–Kier alpha value is -1.12. The third-order valence-electron chi connectivity index (χ3n) is 3.94. The molecule has 0 saturated carbocycles. The molecule has 102 valence electrons. The molecular formula is C18H17BrS. The first-order valence-electron chi connectivity index (χ1n) is 6.76. The second-order valence-electron chi connectivity index (χ2n) is 5.64. The zero-order valence-corrected chi connectivity index (χ0v) is 14.0. The SMILES string of the molecule is CC(C)(c1ccccc1)C(Br)c1csc2ccccc12. The van der Waals surface area contributed by atoms with Gasteiger partial charge in [0.2, 0.25) is 0 Å². The quantitative estimate of drug-likeness (QED) is 0.488. The predicted molar refractivity (Wildman–Crippen MR) is 93.0 cm³/mol. The minimum atomic E-state index is 0.0467. The minimum Gasteiger partial charge on any atom is -0.143 e. The molecular weight excluding hydrogens is 328 g/mol. The molecule has 1 aromatic heterocycles. The second kappa shape index (κ2) is 5.34. The fourth-order valence-corrected chi connectivity index (χ4v) is 4.40. The van der Waals surface area contributed by atoms with Crippen molar-refractivity contribution in [1.82, 2.24) is 0 Å². The van der Waals surface area contributed by atoms with Crippen LogP contribution in [0.2, 0.25) is 0 Å². The van der Waals surface area contributed by atoms with E-state index < -0.39 is 0 Å². The molecule has 3 rings (SSSR count). The van der Waals surface area contributed by atoms with Crippen molar-refractivity contribution >= 4 is 37.4 Å². The van der Waals surface area contributed by atoms with Gasteiger partial charge in [-0.25, -0.2) is 0 Å². The maximum atomic E-state index is 3.95. The van der Waals surface area contributed by atoms with Gasteiger partial charge in [-0.2, -0.15) is 0 Å². The topological polar surface area (TPSA) is 0 Å². The Morgan fingerprint density at radius 3 is 2.35 bits per heavy atom. The van der Waals surface area contributed by atoms with E-state index in [4.69, 9.17) is 0 Å². The highest BCUT2D eigenvalue weighted by Crippen LogP contribution is 2.46. The predicted octanol–water partition coefficient (Wildman–Crippen LogP) is 6.32. The van der Waals surface area contributed by atoms with Crippen LogP contribution in [0.3, 0.4) is 0 Å².